The summed E-state index contributed by atoms with van der Waals surface area (Å²) in [7, 11) is 3.21. The number of piperidine rings is 1. The second kappa shape index (κ2) is 8.84. The smallest absolute Gasteiger partial charge is 0.417 e. The van der Waals surface area contributed by atoms with E-state index < -0.39 is 11.7 Å². The van der Waals surface area contributed by atoms with Crippen LogP contribution in [0.3, 0.4) is 0 Å². The van der Waals surface area contributed by atoms with Crippen LogP contribution in [0.25, 0.3) is 0 Å². The molecule has 1 fully saturated rings. The van der Waals surface area contributed by atoms with Crippen molar-refractivity contribution in [1.82, 2.24) is 4.90 Å². The highest BCUT2D eigenvalue weighted by Gasteiger charge is 2.34. The van der Waals surface area contributed by atoms with E-state index in [0.29, 0.717) is 17.1 Å². The van der Waals surface area contributed by atoms with Gasteiger partial charge in [0.2, 0.25) is 0 Å². The number of halogens is 4. The van der Waals surface area contributed by atoms with Crippen molar-refractivity contribution in [2.45, 2.75) is 37.9 Å². The van der Waals surface area contributed by atoms with Crippen molar-refractivity contribution in [1.29, 1.82) is 0 Å². The first-order valence-corrected chi connectivity index (χ1v) is 9.95. The quantitative estimate of drug-likeness (QED) is 0.557. The van der Waals surface area contributed by atoms with Crippen molar-refractivity contribution in [2.24, 2.45) is 0 Å². The number of hydrogen-bond donors (Lipinski definition) is 0. The fourth-order valence-corrected chi connectivity index (χ4v) is 4.18. The van der Waals surface area contributed by atoms with E-state index in [2.05, 4.69) is 11.8 Å². The van der Waals surface area contributed by atoms with Crippen molar-refractivity contribution in [3.8, 4) is 11.5 Å². The first kappa shape index (κ1) is 21.8. The monoisotopic (exact) mass is 427 g/mol. The van der Waals surface area contributed by atoms with E-state index in [4.69, 9.17) is 21.1 Å². The summed E-state index contributed by atoms with van der Waals surface area (Å²) >= 11 is 5.75. The highest BCUT2D eigenvalue weighted by molar-refractivity contribution is 6.31. The molecule has 0 spiro atoms. The minimum atomic E-state index is -4.43. The van der Waals surface area contributed by atoms with Crippen molar-refractivity contribution in [3.63, 3.8) is 0 Å². The Morgan fingerprint density at radius 1 is 1.00 bits per heavy atom. The molecular formula is C22H25ClF3NO2. The zero-order valence-electron chi connectivity index (χ0n) is 16.7. The Morgan fingerprint density at radius 3 is 2.24 bits per heavy atom. The van der Waals surface area contributed by atoms with Gasteiger partial charge in [-0.3, -0.25) is 4.90 Å². The number of methoxy groups -OCH3 is 2. The summed E-state index contributed by atoms with van der Waals surface area (Å²) in [6, 6.07) is 10.3. The van der Waals surface area contributed by atoms with Crippen LogP contribution in [-0.4, -0.2) is 32.2 Å². The Kier molecular flexibility index (Phi) is 6.64. The van der Waals surface area contributed by atoms with Crippen molar-refractivity contribution < 1.29 is 22.6 Å². The average Bonchev–Trinajstić information content (AvgIpc) is 2.72. The van der Waals surface area contributed by atoms with Crippen LogP contribution in [-0.2, 0) is 6.18 Å². The molecule has 0 saturated carbocycles. The van der Waals surface area contributed by atoms with Crippen LogP contribution in [0, 0.1) is 0 Å². The van der Waals surface area contributed by atoms with Gasteiger partial charge in [0.05, 0.1) is 24.8 Å². The van der Waals surface area contributed by atoms with E-state index in [1.165, 1.54) is 12.1 Å². The van der Waals surface area contributed by atoms with Gasteiger partial charge in [-0.25, -0.2) is 0 Å². The van der Waals surface area contributed by atoms with Crippen LogP contribution in [0.5, 0.6) is 11.5 Å². The van der Waals surface area contributed by atoms with E-state index in [0.717, 1.165) is 31.5 Å². The third-order valence-electron chi connectivity index (χ3n) is 5.73. The summed E-state index contributed by atoms with van der Waals surface area (Å²) in [5, 5.41) is -0.249. The average molecular weight is 428 g/mol. The lowest BCUT2D eigenvalue weighted by Crippen LogP contribution is -2.35. The predicted molar refractivity (Wildman–Crippen MR) is 108 cm³/mol. The minimum Gasteiger partial charge on any atom is -0.493 e. The molecule has 0 aromatic heterocycles. The fraction of sp³-hybridized carbons (Fsp3) is 0.455. The van der Waals surface area contributed by atoms with E-state index >= 15 is 0 Å². The standard InChI is InChI=1S/C22H25ClF3NO2/c1-14(16-5-7-20(28-2)21(13-16)29-3)27-10-8-15(9-11-27)17-4-6-19(23)18(12-17)22(24,25)26/h4-7,12-15H,8-11H2,1-3H3. The van der Waals surface area contributed by atoms with Gasteiger partial charge >= 0.3 is 6.18 Å². The molecule has 2 aromatic rings. The van der Waals surface area contributed by atoms with Crippen molar-refractivity contribution >= 4 is 11.6 Å². The van der Waals surface area contributed by atoms with E-state index in [1.807, 2.05) is 18.2 Å². The number of hydrogen-bond acceptors (Lipinski definition) is 3. The molecule has 1 unspecified atom stereocenters. The Balaban J connectivity index is 1.69. The van der Waals surface area contributed by atoms with Crippen molar-refractivity contribution in [2.75, 3.05) is 27.3 Å². The van der Waals surface area contributed by atoms with E-state index in [1.54, 1.807) is 20.3 Å². The Labute approximate surface area is 174 Å². The van der Waals surface area contributed by atoms with Gasteiger partial charge in [-0.15, -0.1) is 0 Å². The molecular weight excluding hydrogens is 403 g/mol. The SMILES string of the molecule is COc1ccc(C(C)N2CCC(c3ccc(Cl)c(C(F)(F)F)c3)CC2)cc1OC. The first-order valence-electron chi connectivity index (χ1n) is 9.57. The zero-order chi connectivity index (χ0) is 21.2. The molecule has 1 saturated heterocycles. The maximum absolute atomic E-state index is 13.2. The molecule has 0 aliphatic carbocycles. The van der Waals surface area contributed by atoms with Gasteiger partial charge in [0, 0.05) is 6.04 Å². The summed E-state index contributed by atoms with van der Waals surface area (Å²) in [5.41, 5.74) is 1.07. The van der Waals surface area contributed by atoms with Crippen LogP contribution >= 0.6 is 11.6 Å². The number of alkyl halides is 3. The van der Waals surface area contributed by atoms with Gasteiger partial charge in [0.15, 0.2) is 11.5 Å². The van der Waals surface area contributed by atoms with Gasteiger partial charge in [-0.2, -0.15) is 13.2 Å². The molecule has 2 aromatic carbocycles. The minimum absolute atomic E-state index is 0.0993. The van der Waals surface area contributed by atoms with Gasteiger partial charge < -0.3 is 9.47 Å². The third-order valence-corrected chi connectivity index (χ3v) is 6.06. The van der Waals surface area contributed by atoms with Gasteiger partial charge in [-0.05, 0) is 74.2 Å². The molecule has 0 bridgehead atoms. The number of benzene rings is 2. The lowest BCUT2D eigenvalue weighted by atomic mass is 9.87. The lowest BCUT2D eigenvalue weighted by Gasteiger charge is -2.36. The largest absolute Gasteiger partial charge is 0.493 e. The predicted octanol–water partition coefficient (Wildman–Crippen LogP) is 6.32. The molecule has 1 aliphatic heterocycles. The van der Waals surface area contributed by atoms with Crippen LogP contribution in [0.15, 0.2) is 36.4 Å². The third kappa shape index (κ3) is 4.81. The number of nitrogens with zero attached hydrogens (tertiary/aromatic N) is 1. The van der Waals surface area contributed by atoms with Crippen LogP contribution in [0.2, 0.25) is 5.02 Å². The summed E-state index contributed by atoms with van der Waals surface area (Å²) in [6.45, 7) is 3.75. The fourth-order valence-electron chi connectivity index (χ4n) is 3.96. The Morgan fingerprint density at radius 2 is 1.66 bits per heavy atom. The zero-order valence-corrected chi connectivity index (χ0v) is 17.5. The first-order chi connectivity index (χ1) is 13.7. The van der Waals surface area contributed by atoms with Crippen LogP contribution in [0.4, 0.5) is 13.2 Å². The summed E-state index contributed by atoms with van der Waals surface area (Å²) < 4.78 is 50.2. The molecule has 0 radical (unpaired) electrons. The lowest BCUT2D eigenvalue weighted by molar-refractivity contribution is -0.137. The van der Waals surface area contributed by atoms with Crippen LogP contribution in [0.1, 0.15) is 48.4 Å². The molecule has 29 heavy (non-hydrogen) atoms. The normalized spacial score (nSPS) is 17.2. The van der Waals surface area contributed by atoms with Gasteiger partial charge in [-0.1, -0.05) is 23.7 Å². The molecule has 1 atom stereocenters. The highest BCUT2D eigenvalue weighted by Crippen LogP contribution is 2.39. The molecule has 1 aliphatic rings. The Hall–Kier alpha value is -1.92. The van der Waals surface area contributed by atoms with E-state index in [-0.39, 0.29) is 17.0 Å². The van der Waals surface area contributed by atoms with Gasteiger partial charge in [0.25, 0.3) is 0 Å². The van der Waals surface area contributed by atoms with Crippen molar-refractivity contribution in [3.05, 3.63) is 58.1 Å². The van der Waals surface area contributed by atoms with Crippen LogP contribution < -0.4 is 9.47 Å². The molecule has 1 heterocycles. The molecule has 0 N–H and O–H groups in total. The number of rotatable bonds is 5. The topological polar surface area (TPSA) is 21.7 Å². The summed E-state index contributed by atoms with van der Waals surface area (Å²) in [4.78, 5) is 2.35. The number of likely N-dealkylation sites (tertiary alicyclic amines) is 1. The summed E-state index contributed by atoms with van der Waals surface area (Å²) in [5.74, 6) is 1.47. The molecule has 7 heteroatoms. The second-order valence-electron chi connectivity index (χ2n) is 7.34. The molecule has 0 amide bonds. The van der Waals surface area contributed by atoms with E-state index in [9.17, 15) is 13.2 Å². The maximum Gasteiger partial charge on any atom is 0.417 e. The summed E-state index contributed by atoms with van der Waals surface area (Å²) in [6.07, 6.45) is -2.83. The van der Waals surface area contributed by atoms with Gasteiger partial charge in [0.1, 0.15) is 0 Å². The highest BCUT2D eigenvalue weighted by atomic mass is 35.5. The number of ether oxygens (including phenoxy) is 2. The second-order valence-corrected chi connectivity index (χ2v) is 7.74. The Bertz CT molecular complexity index is 848. The molecule has 3 nitrogen and oxygen atoms in total. The molecule has 3 rings (SSSR count). The maximum atomic E-state index is 13.2. The molecule has 158 valence electrons.